The van der Waals surface area contributed by atoms with Gasteiger partial charge in [0.25, 0.3) is 0 Å². The molecule has 4 rings (SSSR count). The zero-order valence-electron chi connectivity index (χ0n) is 14.7. The van der Waals surface area contributed by atoms with Crippen LogP contribution in [0.15, 0.2) is 59.1 Å². The number of nitrogens with zero attached hydrogens (tertiary/aromatic N) is 2. The van der Waals surface area contributed by atoms with E-state index in [4.69, 9.17) is 39.8 Å². The third-order valence-electron chi connectivity index (χ3n) is 4.65. The molecule has 2 unspecified atom stereocenters. The fourth-order valence-corrected chi connectivity index (χ4v) is 4.24. The van der Waals surface area contributed by atoms with Crippen LogP contribution in [-0.4, -0.2) is 33.3 Å². The van der Waals surface area contributed by atoms with E-state index in [0.29, 0.717) is 33.2 Å². The van der Waals surface area contributed by atoms with Crippen LogP contribution < -0.4 is 5.32 Å². The number of aromatic nitrogens is 1. The molecule has 1 fully saturated rings. The van der Waals surface area contributed by atoms with Crippen LogP contribution in [0.5, 0.6) is 0 Å². The summed E-state index contributed by atoms with van der Waals surface area (Å²) < 4.78 is 6.17. The van der Waals surface area contributed by atoms with Gasteiger partial charge in [-0.15, -0.1) is 0 Å². The van der Waals surface area contributed by atoms with Gasteiger partial charge in [0.1, 0.15) is 17.6 Å². The summed E-state index contributed by atoms with van der Waals surface area (Å²) in [7, 11) is 0. The van der Waals surface area contributed by atoms with Crippen molar-refractivity contribution >= 4 is 40.5 Å². The van der Waals surface area contributed by atoms with Crippen LogP contribution in [0.2, 0.25) is 10.0 Å². The minimum absolute atomic E-state index is 0.0240. The second-order valence-corrected chi connectivity index (χ2v) is 7.60. The predicted octanol–water partition coefficient (Wildman–Crippen LogP) is 4.61. The van der Waals surface area contributed by atoms with Crippen molar-refractivity contribution in [3.8, 4) is 11.3 Å². The van der Waals surface area contributed by atoms with Gasteiger partial charge in [0.15, 0.2) is 5.11 Å². The lowest BCUT2D eigenvalue weighted by Crippen LogP contribution is -2.32. The van der Waals surface area contributed by atoms with Crippen molar-refractivity contribution in [2.24, 2.45) is 0 Å². The number of hydrogen-bond donors (Lipinski definition) is 2. The zero-order chi connectivity index (χ0) is 19.7. The number of β-amino-alcohol motifs (C(OH)–C–C–N with tert-alkyl or cyclic N) is 1. The Bertz CT molecular complexity index is 996. The van der Waals surface area contributed by atoms with Gasteiger partial charge in [-0.3, -0.25) is 4.98 Å². The van der Waals surface area contributed by atoms with E-state index in [-0.39, 0.29) is 18.7 Å². The molecule has 144 valence electrons. The highest BCUT2D eigenvalue weighted by molar-refractivity contribution is 7.80. The second-order valence-electron chi connectivity index (χ2n) is 6.37. The summed E-state index contributed by atoms with van der Waals surface area (Å²) in [6.07, 6.45) is 1.74. The van der Waals surface area contributed by atoms with Gasteiger partial charge in [0, 0.05) is 23.3 Å². The van der Waals surface area contributed by atoms with Crippen LogP contribution in [0, 0.1) is 0 Å². The van der Waals surface area contributed by atoms with Crippen molar-refractivity contribution in [2.45, 2.75) is 12.1 Å². The van der Waals surface area contributed by atoms with Crippen molar-refractivity contribution in [1.29, 1.82) is 0 Å². The SMILES string of the molecule is OCCN1C(=S)NC(c2ccccn2)C1c1ccc(-c2ccc(Cl)cc2Cl)o1. The van der Waals surface area contributed by atoms with E-state index in [9.17, 15) is 5.11 Å². The molecule has 0 spiro atoms. The molecule has 1 aliphatic heterocycles. The maximum atomic E-state index is 9.51. The number of nitrogens with one attached hydrogen (secondary N) is 1. The van der Waals surface area contributed by atoms with Gasteiger partial charge in [0.05, 0.1) is 23.4 Å². The van der Waals surface area contributed by atoms with Crippen molar-refractivity contribution in [3.05, 3.63) is 76.2 Å². The van der Waals surface area contributed by atoms with Crippen LogP contribution in [0.4, 0.5) is 0 Å². The minimum Gasteiger partial charge on any atom is -0.459 e. The molecule has 0 amide bonds. The van der Waals surface area contributed by atoms with E-state index in [2.05, 4.69) is 10.3 Å². The van der Waals surface area contributed by atoms with Gasteiger partial charge in [-0.05, 0) is 54.7 Å². The first kappa shape index (κ1) is 19.2. The summed E-state index contributed by atoms with van der Waals surface area (Å²) in [4.78, 5) is 6.38. The molecule has 0 radical (unpaired) electrons. The first-order valence-corrected chi connectivity index (χ1v) is 9.89. The van der Waals surface area contributed by atoms with E-state index in [1.807, 2.05) is 41.3 Å². The van der Waals surface area contributed by atoms with Gasteiger partial charge < -0.3 is 19.7 Å². The molecule has 2 N–H and O–H groups in total. The molecule has 1 aromatic carbocycles. The maximum Gasteiger partial charge on any atom is 0.170 e. The van der Waals surface area contributed by atoms with E-state index in [1.165, 1.54) is 0 Å². The summed E-state index contributed by atoms with van der Waals surface area (Å²) in [5, 5.41) is 14.4. The van der Waals surface area contributed by atoms with Crippen molar-refractivity contribution in [1.82, 2.24) is 15.2 Å². The number of furan rings is 1. The summed E-state index contributed by atoms with van der Waals surface area (Å²) >= 11 is 17.8. The molecular formula is C20H17Cl2N3O2S. The van der Waals surface area contributed by atoms with Gasteiger partial charge in [0.2, 0.25) is 0 Å². The largest absolute Gasteiger partial charge is 0.459 e. The second kappa shape index (κ2) is 8.09. The molecule has 0 saturated carbocycles. The first-order valence-electron chi connectivity index (χ1n) is 8.72. The van der Waals surface area contributed by atoms with E-state index in [0.717, 1.165) is 11.3 Å². The summed E-state index contributed by atoms with van der Waals surface area (Å²) in [5.41, 5.74) is 1.60. The van der Waals surface area contributed by atoms with Crippen molar-refractivity contribution in [3.63, 3.8) is 0 Å². The summed E-state index contributed by atoms with van der Waals surface area (Å²) in [6.45, 7) is 0.363. The molecule has 3 heterocycles. The van der Waals surface area contributed by atoms with Crippen molar-refractivity contribution in [2.75, 3.05) is 13.2 Å². The highest BCUT2D eigenvalue weighted by atomic mass is 35.5. The van der Waals surface area contributed by atoms with Gasteiger partial charge in [-0.2, -0.15) is 0 Å². The molecule has 2 atom stereocenters. The van der Waals surface area contributed by atoms with E-state index < -0.39 is 0 Å². The quantitative estimate of drug-likeness (QED) is 0.572. The molecule has 1 saturated heterocycles. The highest BCUT2D eigenvalue weighted by Crippen LogP contribution is 2.41. The maximum absolute atomic E-state index is 9.51. The number of thiocarbonyl (C=S) groups is 1. The monoisotopic (exact) mass is 433 g/mol. The third-order valence-corrected chi connectivity index (χ3v) is 5.55. The molecule has 28 heavy (non-hydrogen) atoms. The van der Waals surface area contributed by atoms with Crippen LogP contribution in [0.25, 0.3) is 11.3 Å². The normalized spacial score (nSPS) is 19.1. The Hall–Kier alpha value is -2.12. The Kier molecular flexibility index (Phi) is 5.55. The molecule has 3 aromatic rings. The fourth-order valence-electron chi connectivity index (χ4n) is 3.41. The Morgan fingerprint density at radius 3 is 2.75 bits per heavy atom. The average Bonchev–Trinajstić information content (AvgIpc) is 3.28. The Morgan fingerprint density at radius 2 is 2.04 bits per heavy atom. The zero-order valence-corrected chi connectivity index (χ0v) is 17.0. The molecule has 5 nitrogen and oxygen atoms in total. The lowest BCUT2D eigenvalue weighted by atomic mass is 10.0. The number of rotatable bonds is 5. The lowest BCUT2D eigenvalue weighted by Gasteiger charge is -2.25. The molecule has 2 aromatic heterocycles. The Labute approximate surface area is 177 Å². The van der Waals surface area contributed by atoms with Gasteiger partial charge in [-0.25, -0.2) is 0 Å². The number of aliphatic hydroxyl groups excluding tert-OH is 1. The number of halogens is 2. The average molecular weight is 434 g/mol. The number of aliphatic hydroxyl groups is 1. The third kappa shape index (κ3) is 3.61. The lowest BCUT2D eigenvalue weighted by molar-refractivity contribution is 0.209. The van der Waals surface area contributed by atoms with Crippen molar-refractivity contribution < 1.29 is 9.52 Å². The number of benzene rings is 1. The molecular weight excluding hydrogens is 417 g/mol. The van der Waals surface area contributed by atoms with E-state index >= 15 is 0 Å². The fraction of sp³-hybridized carbons (Fsp3) is 0.200. The highest BCUT2D eigenvalue weighted by Gasteiger charge is 2.41. The molecule has 0 bridgehead atoms. The van der Waals surface area contributed by atoms with Crippen LogP contribution in [0.1, 0.15) is 23.5 Å². The predicted molar refractivity (Wildman–Crippen MR) is 113 cm³/mol. The molecule has 8 heteroatoms. The Balaban J connectivity index is 1.73. The topological polar surface area (TPSA) is 61.5 Å². The van der Waals surface area contributed by atoms with E-state index in [1.54, 1.807) is 18.3 Å². The Morgan fingerprint density at radius 1 is 1.18 bits per heavy atom. The summed E-state index contributed by atoms with van der Waals surface area (Å²) in [6, 6.07) is 14.4. The minimum atomic E-state index is -0.241. The van der Waals surface area contributed by atoms with Gasteiger partial charge >= 0.3 is 0 Å². The standard InChI is InChI=1S/C20H17Cl2N3O2S/c21-12-4-5-13(14(22)11-12)16-6-7-17(27-16)19-18(15-3-1-2-8-23-15)24-20(28)25(19)9-10-26/h1-8,11,18-19,26H,9-10H2,(H,24,28). The molecule has 0 aliphatic carbocycles. The summed E-state index contributed by atoms with van der Waals surface area (Å²) in [5.74, 6) is 1.34. The van der Waals surface area contributed by atoms with Crippen LogP contribution >= 0.6 is 35.4 Å². The first-order chi connectivity index (χ1) is 13.6. The molecule has 1 aliphatic rings. The number of hydrogen-bond acceptors (Lipinski definition) is 4. The van der Waals surface area contributed by atoms with Gasteiger partial charge in [-0.1, -0.05) is 29.3 Å². The number of pyridine rings is 1. The van der Waals surface area contributed by atoms with Crippen LogP contribution in [-0.2, 0) is 0 Å². The van der Waals surface area contributed by atoms with Crippen LogP contribution in [0.3, 0.4) is 0 Å². The smallest absolute Gasteiger partial charge is 0.170 e.